The normalized spacial score (nSPS) is 10.6. The number of amides is 1. The van der Waals surface area contributed by atoms with Crippen LogP contribution in [0.15, 0.2) is 54.9 Å². The molecule has 3 aromatic rings. The van der Waals surface area contributed by atoms with Crippen molar-refractivity contribution < 1.29 is 4.79 Å². The molecule has 0 saturated heterocycles. The first-order chi connectivity index (χ1) is 10.2. The third-order valence-electron chi connectivity index (χ3n) is 3.31. The Morgan fingerprint density at radius 1 is 1.05 bits per heavy atom. The zero-order valence-corrected chi connectivity index (χ0v) is 11.9. The average Bonchev–Trinajstić information content (AvgIpc) is 2.49. The number of hydrogen-bond donors (Lipinski definition) is 0. The van der Waals surface area contributed by atoms with Crippen molar-refractivity contribution in [2.45, 2.75) is 13.8 Å². The van der Waals surface area contributed by atoms with Crippen LogP contribution in [0.1, 0.15) is 12.5 Å². The second-order valence-corrected chi connectivity index (χ2v) is 4.91. The number of hydrogen-bond acceptors (Lipinski definition) is 3. The van der Waals surface area contributed by atoms with E-state index in [-0.39, 0.29) is 5.91 Å². The van der Waals surface area contributed by atoms with Crippen LogP contribution in [0.3, 0.4) is 0 Å². The Labute approximate surface area is 123 Å². The Hall–Kier alpha value is -2.75. The van der Waals surface area contributed by atoms with Crippen molar-refractivity contribution in [2.24, 2.45) is 0 Å². The van der Waals surface area contributed by atoms with Crippen LogP contribution in [-0.4, -0.2) is 15.9 Å². The van der Waals surface area contributed by atoms with E-state index in [1.807, 2.05) is 55.5 Å². The minimum absolute atomic E-state index is 0.0808. The minimum atomic E-state index is -0.0808. The number of aromatic nitrogens is 2. The van der Waals surface area contributed by atoms with Gasteiger partial charge in [-0.2, -0.15) is 0 Å². The predicted octanol–water partition coefficient (Wildman–Crippen LogP) is 3.62. The number of nitrogens with zero attached hydrogens (tertiary/aromatic N) is 3. The minimum Gasteiger partial charge on any atom is -0.274 e. The van der Waals surface area contributed by atoms with Gasteiger partial charge in [-0.3, -0.25) is 9.69 Å². The number of carbonyl (C=O) groups excluding carboxylic acids is 1. The largest absolute Gasteiger partial charge is 0.274 e. The molecule has 1 heterocycles. The summed E-state index contributed by atoms with van der Waals surface area (Å²) in [5.74, 6) is 0.533. The summed E-state index contributed by atoms with van der Waals surface area (Å²) in [4.78, 5) is 22.4. The Morgan fingerprint density at radius 3 is 2.52 bits per heavy atom. The Morgan fingerprint density at radius 2 is 1.81 bits per heavy atom. The average molecular weight is 277 g/mol. The molecule has 0 N–H and O–H groups in total. The molecule has 1 aromatic heterocycles. The van der Waals surface area contributed by atoms with Gasteiger partial charge in [-0.05, 0) is 31.2 Å². The number of rotatable bonds is 2. The first kappa shape index (κ1) is 13.2. The Kier molecular flexibility index (Phi) is 3.36. The monoisotopic (exact) mass is 277 g/mol. The molecule has 1 amide bonds. The molecule has 0 aliphatic carbocycles. The summed E-state index contributed by atoms with van der Waals surface area (Å²) in [5, 5.41) is 0.872. The zero-order valence-electron chi connectivity index (χ0n) is 11.9. The van der Waals surface area contributed by atoms with Gasteiger partial charge in [0.15, 0.2) is 5.82 Å². The highest BCUT2D eigenvalue weighted by atomic mass is 16.2. The molecule has 0 radical (unpaired) electrons. The second-order valence-electron chi connectivity index (χ2n) is 4.91. The summed E-state index contributed by atoms with van der Waals surface area (Å²) >= 11 is 0. The maximum Gasteiger partial charge on any atom is 0.229 e. The van der Waals surface area contributed by atoms with E-state index in [1.54, 1.807) is 4.90 Å². The fourth-order valence-corrected chi connectivity index (χ4v) is 2.37. The first-order valence-corrected chi connectivity index (χ1v) is 6.74. The highest BCUT2D eigenvalue weighted by Crippen LogP contribution is 2.29. The maximum atomic E-state index is 12.1. The van der Waals surface area contributed by atoms with Gasteiger partial charge in [0.2, 0.25) is 5.91 Å². The van der Waals surface area contributed by atoms with E-state index in [1.165, 1.54) is 13.3 Å². The van der Waals surface area contributed by atoms with Crippen LogP contribution < -0.4 is 4.90 Å². The molecule has 0 bridgehead atoms. The predicted molar refractivity (Wildman–Crippen MR) is 83.5 cm³/mol. The van der Waals surface area contributed by atoms with Crippen LogP contribution in [0.4, 0.5) is 11.5 Å². The number of aryl methyl sites for hydroxylation is 1. The molecule has 0 atom stereocenters. The molecular formula is C17H15N3O. The maximum absolute atomic E-state index is 12.1. The fraction of sp³-hybridized carbons (Fsp3) is 0.118. The number of carbonyl (C=O) groups is 1. The van der Waals surface area contributed by atoms with E-state index in [4.69, 9.17) is 0 Å². The quantitative estimate of drug-likeness (QED) is 0.718. The van der Waals surface area contributed by atoms with Crippen LogP contribution in [0.5, 0.6) is 0 Å². The molecule has 0 unspecified atom stereocenters. The van der Waals surface area contributed by atoms with Gasteiger partial charge in [0.1, 0.15) is 6.33 Å². The summed E-state index contributed by atoms with van der Waals surface area (Å²) in [6.07, 6.45) is 1.49. The van der Waals surface area contributed by atoms with Gasteiger partial charge in [-0.15, -0.1) is 0 Å². The van der Waals surface area contributed by atoms with Crippen molar-refractivity contribution in [3.05, 3.63) is 60.4 Å². The molecule has 2 aromatic carbocycles. The molecule has 3 rings (SSSR count). The summed E-state index contributed by atoms with van der Waals surface area (Å²) < 4.78 is 0. The van der Waals surface area contributed by atoms with Gasteiger partial charge in [-0.25, -0.2) is 9.97 Å². The van der Waals surface area contributed by atoms with Crippen molar-refractivity contribution >= 4 is 28.3 Å². The number of benzene rings is 2. The van der Waals surface area contributed by atoms with Crippen LogP contribution >= 0.6 is 0 Å². The number of fused-ring (bicyclic) bond motifs is 1. The third kappa shape index (κ3) is 2.48. The van der Waals surface area contributed by atoms with Gasteiger partial charge in [0, 0.05) is 12.3 Å². The highest BCUT2D eigenvalue weighted by molar-refractivity contribution is 6.05. The van der Waals surface area contributed by atoms with Crippen molar-refractivity contribution in [3.63, 3.8) is 0 Å². The summed E-state index contributed by atoms with van der Waals surface area (Å²) in [6.45, 7) is 3.55. The van der Waals surface area contributed by atoms with E-state index in [9.17, 15) is 4.79 Å². The molecule has 0 aliphatic heterocycles. The lowest BCUT2D eigenvalue weighted by atomic mass is 10.1. The van der Waals surface area contributed by atoms with Crippen molar-refractivity contribution in [3.8, 4) is 0 Å². The van der Waals surface area contributed by atoms with E-state index < -0.39 is 0 Å². The molecule has 0 saturated carbocycles. The Bertz CT molecular complexity index is 799. The van der Waals surface area contributed by atoms with Crippen LogP contribution in [0, 0.1) is 6.92 Å². The first-order valence-electron chi connectivity index (χ1n) is 6.74. The molecule has 4 heteroatoms. The molecule has 4 nitrogen and oxygen atoms in total. The van der Waals surface area contributed by atoms with E-state index >= 15 is 0 Å². The topological polar surface area (TPSA) is 46.1 Å². The summed E-state index contributed by atoms with van der Waals surface area (Å²) in [5.41, 5.74) is 2.73. The lowest BCUT2D eigenvalue weighted by molar-refractivity contribution is -0.115. The van der Waals surface area contributed by atoms with E-state index in [0.717, 1.165) is 22.2 Å². The number of anilines is 2. The zero-order chi connectivity index (χ0) is 14.8. The van der Waals surface area contributed by atoms with E-state index in [0.29, 0.717) is 5.82 Å². The number of para-hydroxylation sites is 1. The summed E-state index contributed by atoms with van der Waals surface area (Å²) in [7, 11) is 0. The van der Waals surface area contributed by atoms with E-state index in [2.05, 4.69) is 9.97 Å². The lowest BCUT2D eigenvalue weighted by Crippen LogP contribution is -2.24. The van der Waals surface area contributed by atoms with Crippen molar-refractivity contribution in [1.82, 2.24) is 9.97 Å². The van der Waals surface area contributed by atoms with Gasteiger partial charge < -0.3 is 0 Å². The molecule has 0 fully saturated rings. The molecule has 0 aliphatic rings. The molecule has 104 valence electrons. The van der Waals surface area contributed by atoms with Crippen molar-refractivity contribution in [1.29, 1.82) is 0 Å². The van der Waals surface area contributed by atoms with Crippen LogP contribution in [0.25, 0.3) is 10.9 Å². The standard InChI is InChI=1S/C17H15N3O/c1-12-8-9-16-15(10-12)17(19-11-18-16)20(13(2)21)14-6-4-3-5-7-14/h3-11H,1-2H3. The van der Waals surface area contributed by atoms with Gasteiger partial charge in [0.25, 0.3) is 0 Å². The van der Waals surface area contributed by atoms with Gasteiger partial charge >= 0.3 is 0 Å². The fourth-order valence-electron chi connectivity index (χ4n) is 2.37. The van der Waals surface area contributed by atoms with Crippen LogP contribution in [0.2, 0.25) is 0 Å². The highest BCUT2D eigenvalue weighted by Gasteiger charge is 2.18. The Balaban J connectivity index is 2.25. The molecule has 0 spiro atoms. The smallest absolute Gasteiger partial charge is 0.229 e. The SMILES string of the molecule is CC(=O)N(c1ccccc1)c1ncnc2ccc(C)cc12. The molecular weight excluding hydrogens is 262 g/mol. The van der Waals surface area contributed by atoms with Gasteiger partial charge in [0.05, 0.1) is 11.2 Å². The lowest BCUT2D eigenvalue weighted by Gasteiger charge is -2.21. The van der Waals surface area contributed by atoms with Crippen molar-refractivity contribution in [2.75, 3.05) is 4.90 Å². The van der Waals surface area contributed by atoms with Crippen LogP contribution in [-0.2, 0) is 4.79 Å². The summed E-state index contributed by atoms with van der Waals surface area (Å²) in [6, 6.07) is 15.5. The second kappa shape index (κ2) is 5.32. The van der Waals surface area contributed by atoms with Gasteiger partial charge in [-0.1, -0.05) is 29.8 Å². The third-order valence-corrected chi connectivity index (χ3v) is 3.31. The molecule has 21 heavy (non-hydrogen) atoms.